The van der Waals surface area contributed by atoms with Crippen molar-refractivity contribution >= 4 is 45.0 Å². The number of rotatable bonds is 3. The van der Waals surface area contributed by atoms with E-state index >= 15 is 0 Å². The Bertz CT molecular complexity index is 1340. The summed E-state index contributed by atoms with van der Waals surface area (Å²) in [5.74, 6) is 0. The number of H-pyrrole nitrogens is 2. The summed E-state index contributed by atoms with van der Waals surface area (Å²) in [5.41, 5.74) is -0.720. The average molecular weight is 403 g/mol. The highest BCUT2D eigenvalue weighted by molar-refractivity contribution is 6.31. The first-order chi connectivity index (χ1) is 13.0. The Morgan fingerprint density at radius 1 is 1.11 bits per heavy atom. The number of nitrogens with one attached hydrogen (secondary N) is 2. The van der Waals surface area contributed by atoms with Crippen LogP contribution in [0.5, 0.6) is 0 Å². The maximum Gasteiger partial charge on any atom is 0.287 e. The lowest BCUT2D eigenvalue weighted by Gasteiger charge is -2.12. The van der Waals surface area contributed by atoms with Gasteiger partial charge in [-0.1, -0.05) is 11.6 Å². The summed E-state index contributed by atoms with van der Waals surface area (Å²) in [6, 6.07) is 8.02. The van der Waals surface area contributed by atoms with Gasteiger partial charge in [0.15, 0.2) is 0 Å². The van der Waals surface area contributed by atoms with Gasteiger partial charge in [0.25, 0.3) is 11.1 Å². The molecule has 0 fully saturated rings. The lowest BCUT2D eigenvalue weighted by Crippen LogP contribution is -2.34. The van der Waals surface area contributed by atoms with Crippen molar-refractivity contribution in [3.8, 4) is 0 Å². The van der Waals surface area contributed by atoms with Crippen LogP contribution in [0.15, 0.2) is 57.1 Å². The molecule has 9 heteroatoms. The van der Waals surface area contributed by atoms with E-state index in [1.54, 1.807) is 30.6 Å². The molecule has 0 radical (unpaired) electrons. The van der Waals surface area contributed by atoms with Gasteiger partial charge in [-0.3, -0.25) is 24.5 Å². The fraction of sp³-hybridized carbons (Fsp3) is 0.111. The summed E-state index contributed by atoms with van der Waals surface area (Å²) in [7, 11) is 0. The number of nitrogens with zero attached hydrogens (tertiary/aromatic N) is 2. The topological polar surface area (TPSA) is 101 Å². The Kier molecular flexibility index (Phi) is 4.33. The van der Waals surface area contributed by atoms with Crippen molar-refractivity contribution in [2.75, 3.05) is 0 Å². The Hall–Kier alpha value is -2.90. The van der Waals surface area contributed by atoms with Gasteiger partial charge in [0.1, 0.15) is 10.9 Å². The molecule has 0 bridgehead atoms. The van der Waals surface area contributed by atoms with Crippen LogP contribution in [0.1, 0.15) is 10.9 Å². The molecule has 0 saturated carbocycles. The molecule has 7 nitrogen and oxygen atoms in total. The minimum atomic E-state index is -0.623. The molecule has 0 aliphatic heterocycles. The highest BCUT2D eigenvalue weighted by Crippen LogP contribution is 2.21. The molecule has 1 atom stereocenters. The third-order valence-corrected chi connectivity index (χ3v) is 4.92. The van der Waals surface area contributed by atoms with Crippen molar-refractivity contribution in [1.29, 1.82) is 0 Å². The van der Waals surface area contributed by atoms with Crippen molar-refractivity contribution in [3.05, 3.63) is 84.2 Å². The molecule has 0 spiro atoms. The molecule has 1 unspecified atom stereocenters. The third-order valence-electron chi connectivity index (χ3n) is 4.30. The summed E-state index contributed by atoms with van der Waals surface area (Å²) in [6.45, 7) is -0.00627. The van der Waals surface area contributed by atoms with E-state index in [1.165, 1.54) is 12.1 Å². The number of aromatic amines is 2. The highest BCUT2D eigenvalue weighted by atomic mass is 35.5. The van der Waals surface area contributed by atoms with E-state index in [1.807, 2.05) is 0 Å². The summed E-state index contributed by atoms with van der Waals surface area (Å²) in [5, 5.41) is 2.35. The number of aromatic nitrogens is 4. The molecular formula is C18H12Cl2N4O3. The fourth-order valence-electron chi connectivity index (χ4n) is 2.97. The molecule has 2 N–H and O–H groups in total. The summed E-state index contributed by atoms with van der Waals surface area (Å²) >= 11 is 12.3. The Balaban J connectivity index is 1.93. The van der Waals surface area contributed by atoms with Crippen molar-refractivity contribution in [2.24, 2.45) is 0 Å². The third kappa shape index (κ3) is 3.05. The van der Waals surface area contributed by atoms with Gasteiger partial charge in [0.2, 0.25) is 5.43 Å². The number of hydrogen-bond donors (Lipinski definition) is 2. The van der Waals surface area contributed by atoms with Crippen LogP contribution in [0.25, 0.3) is 21.8 Å². The van der Waals surface area contributed by atoms with Crippen LogP contribution in [0.3, 0.4) is 0 Å². The normalized spacial score (nSPS) is 12.5. The van der Waals surface area contributed by atoms with E-state index in [4.69, 9.17) is 23.2 Å². The summed E-state index contributed by atoms with van der Waals surface area (Å²) in [6.07, 6.45) is 3.16. The number of benzene rings is 1. The molecule has 1 aromatic carbocycles. The quantitative estimate of drug-likeness (QED) is 0.406. The standard InChI is InChI=1S/C18H12Cl2N4O3/c19-10-1-2-11-13(7-10)22-15-14(16(11)25)18(27)24(23-17(15)26)8-12(20)9-3-5-21-6-4-9/h1-7,12H,8H2,(H,22,25)(H,23,26). The van der Waals surface area contributed by atoms with Crippen molar-refractivity contribution in [3.63, 3.8) is 0 Å². The van der Waals surface area contributed by atoms with Gasteiger partial charge in [0.05, 0.1) is 17.4 Å². The van der Waals surface area contributed by atoms with Crippen molar-refractivity contribution in [2.45, 2.75) is 11.9 Å². The number of alkyl halides is 1. The van der Waals surface area contributed by atoms with Crippen LogP contribution in [-0.4, -0.2) is 19.7 Å². The van der Waals surface area contributed by atoms with Crippen LogP contribution < -0.4 is 16.5 Å². The Morgan fingerprint density at radius 3 is 2.59 bits per heavy atom. The minimum absolute atomic E-state index is 0.00627. The second kappa shape index (κ2) is 6.68. The molecule has 0 aliphatic carbocycles. The van der Waals surface area contributed by atoms with Crippen LogP contribution in [0.2, 0.25) is 5.02 Å². The first-order valence-corrected chi connectivity index (χ1v) is 8.79. The number of halogens is 2. The maximum atomic E-state index is 12.9. The van der Waals surface area contributed by atoms with Gasteiger partial charge in [0, 0.05) is 22.8 Å². The number of hydrogen-bond acceptors (Lipinski definition) is 4. The average Bonchev–Trinajstić information content (AvgIpc) is 2.66. The number of pyridine rings is 2. The fourth-order valence-corrected chi connectivity index (χ4v) is 3.42. The van der Waals surface area contributed by atoms with Gasteiger partial charge in [-0.25, -0.2) is 4.68 Å². The number of fused-ring (bicyclic) bond motifs is 2. The highest BCUT2D eigenvalue weighted by Gasteiger charge is 2.17. The molecule has 4 rings (SSSR count). The molecule has 3 heterocycles. The molecule has 27 heavy (non-hydrogen) atoms. The molecule has 0 saturated heterocycles. The van der Waals surface area contributed by atoms with E-state index in [-0.39, 0.29) is 22.8 Å². The largest absolute Gasteiger partial charge is 0.350 e. The first-order valence-electron chi connectivity index (χ1n) is 7.98. The second-order valence-corrected chi connectivity index (χ2v) is 6.96. The van der Waals surface area contributed by atoms with Gasteiger partial charge in [-0.05, 0) is 35.9 Å². The first kappa shape index (κ1) is 17.5. The zero-order valence-corrected chi connectivity index (χ0v) is 15.2. The molecule has 0 aliphatic rings. The van der Waals surface area contributed by atoms with E-state index < -0.39 is 21.9 Å². The second-order valence-electron chi connectivity index (χ2n) is 6.00. The lowest BCUT2D eigenvalue weighted by atomic mass is 10.1. The zero-order valence-electron chi connectivity index (χ0n) is 13.7. The predicted molar refractivity (Wildman–Crippen MR) is 105 cm³/mol. The molecule has 3 aromatic heterocycles. The smallest absolute Gasteiger partial charge is 0.287 e. The predicted octanol–water partition coefficient (Wildman–Crippen LogP) is 2.56. The Labute approximate surface area is 161 Å². The molecule has 136 valence electrons. The minimum Gasteiger partial charge on any atom is -0.350 e. The Morgan fingerprint density at radius 2 is 1.85 bits per heavy atom. The van der Waals surface area contributed by atoms with Gasteiger partial charge < -0.3 is 4.98 Å². The van der Waals surface area contributed by atoms with Crippen LogP contribution in [-0.2, 0) is 6.54 Å². The van der Waals surface area contributed by atoms with E-state index in [0.29, 0.717) is 10.5 Å². The summed E-state index contributed by atoms with van der Waals surface area (Å²) < 4.78 is 1.06. The summed E-state index contributed by atoms with van der Waals surface area (Å²) in [4.78, 5) is 44.9. The van der Waals surface area contributed by atoms with Crippen molar-refractivity contribution < 1.29 is 0 Å². The lowest BCUT2D eigenvalue weighted by molar-refractivity contribution is 0.564. The van der Waals surface area contributed by atoms with Crippen molar-refractivity contribution in [1.82, 2.24) is 19.7 Å². The van der Waals surface area contributed by atoms with E-state index in [9.17, 15) is 14.4 Å². The monoisotopic (exact) mass is 402 g/mol. The SMILES string of the molecule is O=c1[nH]n(CC(Cl)c2ccncc2)c(=O)c2c(=O)c3ccc(Cl)cc3[nH]c12. The maximum absolute atomic E-state index is 12.9. The van der Waals surface area contributed by atoms with E-state index in [2.05, 4.69) is 15.1 Å². The molecular weight excluding hydrogens is 391 g/mol. The van der Waals surface area contributed by atoms with Crippen LogP contribution in [0.4, 0.5) is 0 Å². The molecule has 4 aromatic rings. The van der Waals surface area contributed by atoms with Gasteiger partial charge in [-0.2, -0.15) is 0 Å². The van der Waals surface area contributed by atoms with Gasteiger partial charge >= 0.3 is 0 Å². The zero-order chi connectivity index (χ0) is 19.1. The van der Waals surface area contributed by atoms with E-state index in [0.717, 1.165) is 10.2 Å². The van der Waals surface area contributed by atoms with Crippen LogP contribution in [0, 0.1) is 0 Å². The molecule has 0 amide bonds. The van der Waals surface area contributed by atoms with Gasteiger partial charge in [-0.15, -0.1) is 11.6 Å². The van der Waals surface area contributed by atoms with Crippen LogP contribution >= 0.6 is 23.2 Å².